The summed E-state index contributed by atoms with van der Waals surface area (Å²) in [5.41, 5.74) is 6.45. The number of ether oxygens (including phenoxy) is 1. The van der Waals surface area contributed by atoms with Crippen LogP contribution in [0, 0.1) is 6.92 Å². The molecule has 3 aromatic rings. The predicted octanol–water partition coefficient (Wildman–Crippen LogP) is 4.25. The van der Waals surface area contributed by atoms with Gasteiger partial charge in [0.05, 0.1) is 19.2 Å². The van der Waals surface area contributed by atoms with Crippen LogP contribution in [-0.4, -0.2) is 24.6 Å². The highest BCUT2D eigenvalue weighted by Crippen LogP contribution is 2.30. The molecule has 0 bridgehead atoms. The van der Waals surface area contributed by atoms with Gasteiger partial charge in [0.15, 0.2) is 5.76 Å². The number of carbonyl (C=O) groups is 2. The number of rotatable bonds is 6. The van der Waals surface area contributed by atoms with Crippen LogP contribution in [-0.2, 0) is 17.6 Å². The van der Waals surface area contributed by atoms with Crippen molar-refractivity contribution in [2.24, 2.45) is 5.10 Å². The maximum absolute atomic E-state index is 12.9. The van der Waals surface area contributed by atoms with Gasteiger partial charge < -0.3 is 14.5 Å². The number of hydrazone groups is 1. The Labute approximate surface area is 186 Å². The van der Waals surface area contributed by atoms with E-state index in [1.165, 1.54) is 0 Å². The van der Waals surface area contributed by atoms with Crippen LogP contribution in [0.1, 0.15) is 45.8 Å². The molecule has 164 valence electrons. The highest BCUT2D eigenvalue weighted by molar-refractivity contribution is 6.09. The SMILES string of the molecule is COc1cccc(NC(=O)c2oc3c(c2C)/C(=N/NC(=O)Cc2ccccc2)CCC3)c1. The number of carbonyl (C=O) groups excluding carboxylic acids is 2. The molecule has 0 fully saturated rings. The normalized spacial score (nSPS) is 14.0. The van der Waals surface area contributed by atoms with Crippen LogP contribution in [0.25, 0.3) is 0 Å². The number of hydrogen-bond donors (Lipinski definition) is 2. The van der Waals surface area contributed by atoms with Gasteiger partial charge in [-0.05, 0) is 37.5 Å². The van der Waals surface area contributed by atoms with E-state index in [1.54, 1.807) is 31.4 Å². The highest BCUT2D eigenvalue weighted by Gasteiger charge is 2.28. The Morgan fingerprint density at radius 2 is 1.91 bits per heavy atom. The third-order valence-electron chi connectivity index (χ3n) is 5.38. The van der Waals surface area contributed by atoms with Crippen molar-refractivity contribution in [3.63, 3.8) is 0 Å². The molecule has 4 rings (SSSR count). The van der Waals surface area contributed by atoms with Crippen molar-refractivity contribution >= 4 is 23.2 Å². The molecule has 32 heavy (non-hydrogen) atoms. The molecule has 0 saturated heterocycles. The number of amides is 2. The Balaban J connectivity index is 1.51. The summed E-state index contributed by atoms with van der Waals surface area (Å²) in [6, 6.07) is 16.6. The van der Waals surface area contributed by atoms with Crippen molar-refractivity contribution in [2.45, 2.75) is 32.6 Å². The van der Waals surface area contributed by atoms with Crippen molar-refractivity contribution in [2.75, 3.05) is 12.4 Å². The Hall–Kier alpha value is -3.87. The molecule has 7 nitrogen and oxygen atoms in total. The van der Waals surface area contributed by atoms with Gasteiger partial charge in [0.1, 0.15) is 11.5 Å². The first-order valence-corrected chi connectivity index (χ1v) is 10.5. The predicted molar refractivity (Wildman–Crippen MR) is 122 cm³/mol. The van der Waals surface area contributed by atoms with E-state index in [-0.39, 0.29) is 24.0 Å². The number of anilines is 1. The molecule has 7 heteroatoms. The van der Waals surface area contributed by atoms with Gasteiger partial charge in [0.2, 0.25) is 5.91 Å². The molecule has 1 aliphatic rings. The monoisotopic (exact) mass is 431 g/mol. The number of nitrogens with zero attached hydrogens (tertiary/aromatic N) is 1. The lowest BCUT2D eigenvalue weighted by Crippen LogP contribution is -2.23. The quantitative estimate of drug-likeness (QED) is 0.571. The average molecular weight is 431 g/mol. The van der Waals surface area contributed by atoms with Gasteiger partial charge >= 0.3 is 0 Å². The fourth-order valence-corrected chi connectivity index (χ4v) is 3.84. The number of fused-ring (bicyclic) bond motifs is 1. The Kier molecular flexibility index (Phi) is 6.35. The molecule has 0 radical (unpaired) electrons. The summed E-state index contributed by atoms with van der Waals surface area (Å²) in [4.78, 5) is 25.2. The second-order valence-corrected chi connectivity index (χ2v) is 7.65. The van der Waals surface area contributed by atoms with Crippen LogP contribution >= 0.6 is 0 Å². The van der Waals surface area contributed by atoms with E-state index in [9.17, 15) is 9.59 Å². The van der Waals surface area contributed by atoms with Gasteiger partial charge in [-0.25, -0.2) is 5.43 Å². The van der Waals surface area contributed by atoms with Gasteiger partial charge in [0.25, 0.3) is 5.91 Å². The summed E-state index contributed by atoms with van der Waals surface area (Å²) in [6.45, 7) is 1.84. The molecular weight excluding hydrogens is 406 g/mol. The molecular formula is C25H25N3O4. The molecule has 0 spiro atoms. The molecule has 0 saturated carbocycles. The minimum Gasteiger partial charge on any atom is -0.497 e. The maximum atomic E-state index is 12.9. The molecule has 2 N–H and O–H groups in total. The van der Waals surface area contributed by atoms with E-state index < -0.39 is 0 Å². The first-order valence-electron chi connectivity index (χ1n) is 10.5. The van der Waals surface area contributed by atoms with Crippen LogP contribution in [0.2, 0.25) is 0 Å². The van der Waals surface area contributed by atoms with E-state index >= 15 is 0 Å². The third kappa shape index (κ3) is 4.72. The first kappa shape index (κ1) is 21.4. The number of benzene rings is 2. The lowest BCUT2D eigenvalue weighted by Gasteiger charge is -2.13. The largest absolute Gasteiger partial charge is 0.497 e. The number of methoxy groups -OCH3 is 1. The molecule has 0 atom stereocenters. The van der Waals surface area contributed by atoms with E-state index in [0.717, 1.165) is 41.0 Å². The highest BCUT2D eigenvalue weighted by atomic mass is 16.5. The molecule has 1 aliphatic carbocycles. The minimum atomic E-state index is -0.336. The number of aryl methyl sites for hydroxylation is 1. The molecule has 1 heterocycles. The van der Waals surface area contributed by atoms with E-state index in [0.29, 0.717) is 17.9 Å². The third-order valence-corrected chi connectivity index (χ3v) is 5.38. The molecule has 2 aromatic carbocycles. The second kappa shape index (κ2) is 9.51. The molecule has 0 unspecified atom stereocenters. The first-order chi connectivity index (χ1) is 15.5. The van der Waals surface area contributed by atoms with Crippen LogP contribution in [0.4, 0.5) is 5.69 Å². The van der Waals surface area contributed by atoms with E-state index in [2.05, 4.69) is 15.8 Å². The zero-order valence-corrected chi connectivity index (χ0v) is 18.1. The standard InChI is InChI=1S/C25H25N3O4/c1-16-23-20(27-28-22(29)14-17-8-4-3-5-9-17)12-7-13-21(23)32-24(16)25(30)26-18-10-6-11-19(15-18)31-2/h3-6,8-11,15H,7,12-14H2,1-2H3,(H,26,30)(H,28,29)/b27-20+. The van der Waals surface area contributed by atoms with Gasteiger partial charge in [-0.2, -0.15) is 5.10 Å². The van der Waals surface area contributed by atoms with Crippen LogP contribution in [0.15, 0.2) is 64.1 Å². The van der Waals surface area contributed by atoms with Gasteiger partial charge in [-0.15, -0.1) is 0 Å². The lowest BCUT2D eigenvalue weighted by molar-refractivity contribution is -0.120. The zero-order chi connectivity index (χ0) is 22.5. The Morgan fingerprint density at radius 1 is 1.09 bits per heavy atom. The fraction of sp³-hybridized carbons (Fsp3) is 0.240. The Morgan fingerprint density at radius 3 is 2.69 bits per heavy atom. The summed E-state index contributed by atoms with van der Waals surface area (Å²) >= 11 is 0. The smallest absolute Gasteiger partial charge is 0.291 e. The second-order valence-electron chi connectivity index (χ2n) is 7.65. The summed E-state index contributed by atoms with van der Waals surface area (Å²) in [5, 5.41) is 7.22. The summed E-state index contributed by atoms with van der Waals surface area (Å²) in [7, 11) is 1.57. The molecule has 0 aliphatic heterocycles. The average Bonchev–Trinajstić information content (AvgIpc) is 3.16. The number of hydrogen-bond acceptors (Lipinski definition) is 5. The number of nitrogens with one attached hydrogen (secondary N) is 2. The number of furan rings is 1. The van der Waals surface area contributed by atoms with Gasteiger partial charge in [-0.1, -0.05) is 36.4 Å². The van der Waals surface area contributed by atoms with Crippen LogP contribution in [0.5, 0.6) is 5.75 Å². The Bertz CT molecular complexity index is 1170. The fourth-order valence-electron chi connectivity index (χ4n) is 3.84. The molecule has 2 amide bonds. The van der Waals surface area contributed by atoms with Crippen LogP contribution in [0.3, 0.4) is 0 Å². The molecule has 1 aromatic heterocycles. The summed E-state index contributed by atoms with van der Waals surface area (Å²) in [6.07, 6.45) is 2.52. The summed E-state index contributed by atoms with van der Waals surface area (Å²) < 4.78 is 11.1. The van der Waals surface area contributed by atoms with Crippen molar-refractivity contribution in [1.82, 2.24) is 5.43 Å². The minimum absolute atomic E-state index is 0.187. The van der Waals surface area contributed by atoms with E-state index in [4.69, 9.17) is 9.15 Å². The topological polar surface area (TPSA) is 92.9 Å². The van der Waals surface area contributed by atoms with Gasteiger partial charge in [-0.3, -0.25) is 9.59 Å². The van der Waals surface area contributed by atoms with E-state index in [1.807, 2.05) is 37.3 Å². The van der Waals surface area contributed by atoms with Crippen LogP contribution < -0.4 is 15.5 Å². The van der Waals surface area contributed by atoms with Crippen molar-refractivity contribution in [3.05, 3.63) is 82.8 Å². The van der Waals surface area contributed by atoms with Crippen molar-refractivity contribution < 1.29 is 18.7 Å². The lowest BCUT2D eigenvalue weighted by atomic mass is 9.93. The van der Waals surface area contributed by atoms with Crippen molar-refractivity contribution in [3.8, 4) is 5.75 Å². The van der Waals surface area contributed by atoms with Crippen molar-refractivity contribution in [1.29, 1.82) is 0 Å². The van der Waals surface area contributed by atoms with Gasteiger partial charge in [0, 0.05) is 29.3 Å². The maximum Gasteiger partial charge on any atom is 0.291 e. The summed E-state index contributed by atoms with van der Waals surface area (Å²) in [5.74, 6) is 1.10. The zero-order valence-electron chi connectivity index (χ0n) is 18.1.